The molecule has 1 aromatic rings. The highest BCUT2D eigenvalue weighted by molar-refractivity contribution is 5.65. The van der Waals surface area contributed by atoms with Gasteiger partial charge in [-0.3, -0.25) is 0 Å². The first kappa shape index (κ1) is 46.5. The highest BCUT2D eigenvalue weighted by Crippen LogP contribution is 2.32. The summed E-state index contributed by atoms with van der Waals surface area (Å²) in [5, 5.41) is 10.1. The van der Waals surface area contributed by atoms with Crippen molar-refractivity contribution in [3.63, 3.8) is 0 Å². The summed E-state index contributed by atoms with van der Waals surface area (Å²) >= 11 is 0. The molecule has 7 nitrogen and oxygen atoms in total. The van der Waals surface area contributed by atoms with Crippen molar-refractivity contribution in [3.8, 4) is 0 Å². The fraction of sp³-hybridized carbons (Fsp3) is 0.267. The maximum absolute atomic E-state index is 8.00. The summed E-state index contributed by atoms with van der Waals surface area (Å²) in [6.45, 7) is 44.3. The molecule has 0 amide bonds. The molecule has 0 bridgehead atoms. The van der Waals surface area contributed by atoms with Crippen LogP contribution in [0.2, 0.25) is 0 Å². The second kappa shape index (κ2) is 24.6. The van der Waals surface area contributed by atoms with Crippen LogP contribution in [-0.2, 0) is 17.9 Å². The van der Waals surface area contributed by atoms with E-state index >= 15 is 0 Å². The lowest BCUT2D eigenvalue weighted by atomic mass is 9.90. The van der Waals surface area contributed by atoms with Gasteiger partial charge in [0, 0.05) is 48.2 Å². The van der Waals surface area contributed by atoms with Gasteiger partial charge in [-0.2, -0.15) is 0 Å². The first-order chi connectivity index (χ1) is 24.8. The van der Waals surface area contributed by atoms with Crippen molar-refractivity contribution in [2.75, 3.05) is 13.6 Å². The number of rotatable bonds is 13. The minimum Gasteiger partial charge on any atom is -0.397 e. The molecule has 4 rings (SSSR count). The van der Waals surface area contributed by atoms with Gasteiger partial charge >= 0.3 is 0 Å². The number of nitrogens with one attached hydrogen (secondary N) is 3. The van der Waals surface area contributed by atoms with Crippen molar-refractivity contribution < 1.29 is 4.79 Å². The summed E-state index contributed by atoms with van der Waals surface area (Å²) in [4.78, 5) is 10.2. The van der Waals surface area contributed by atoms with Crippen molar-refractivity contribution in [1.29, 1.82) is 0 Å². The fourth-order valence-corrected chi connectivity index (χ4v) is 4.98. The molecule has 1 aliphatic heterocycles. The summed E-state index contributed by atoms with van der Waals surface area (Å²) in [6, 6.07) is 6.72. The number of nitrogens with two attached hydrogens (primary N) is 2. The van der Waals surface area contributed by atoms with E-state index in [4.69, 9.17) is 10.5 Å². The number of carbonyl (C=O) groups excluding carboxylic acids is 1. The number of allylic oxidation sites excluding steroid dienone is 11. The van der Waals surface area contributed by atoms with Crippen molar-refractivity contribution in [2.45, 2.75) is 67.1 Å². The second-order valence-electron chi connectivity index (χ2n) is 11.8. The third kappa shape index (κ3) is 14.0. The fourth-order valence-electron chi connectivity index (χ4n) is 4.98. The molecular formula is C45H64N6O. The van der Waals surface area contributed by atoms with Crippen LogP contribution >= 0.6 is 0 Å². The van der Waals surface area contributed by atoms with Crippen molar-refractivity contribution >= 4 is 6.79 Å². The van der Waals surface area contributed by atoms with Gasteiger partial charge in [0.15, 0.2) is 0 Å². The molecule has 0 fully saturated rings. The predicted octanol–water partition coefficient (Wildman–Crippen LogP) is 8.74. The zero-order valence-electron chi connectivity index (χ0n) is 32.9. The van der Waals surface area contributed by atoms with E-state index in [0.29, 0.717) is 18.8 Å². The van der Waals surface area contributed by atoms with Gasteiger partial charge in [-0.1, -0.05) is 121 Å². The molecule has 280 valence electrons. The topological polar surface area (TPSA) is 108 Å². The molecule has 7 N–H and O–H groups in total. The Bertz CT molecular complexity index is 1660. The zero-order valence-corrected chi connectivity index (χ0v) is 32.9. The van der Waals surface area contributed by atoms with Crippen LogP contribution in [-0.4, -0.2) is 31.3 Å². The Morgan fingerprint density at radius 1 is 0.981 bits per heavy atom. The van der Waals surface area contributed by atoms with E-state index in [1.165, 1.54) is 34.9 Å². The molecule has 7 heteroatoms. The average Bonchev–Trinajstić information content (AvgIpc) is 3.43. The maximum Gasteiger partial charge on any atom is 0.106 e. The Kier molecular flexibility index (Phi) is 22.0. The summed E-state index contributed by atoms with van der Waals surface area (Å²) < 4.78 is 0. The minimum atomic E-state index is 0.244. The lowest BCUT2D eigenvalue weighted by Crippen LogP contribution is -2.29. The molecule has 0 aromatic heterocycles. The van der Waals surface area contributed by atoms with Gasteiger partial charge in [-0.05, 0) is 80.6 Å². The molecule has 1 heterocycles. The summed E-state index contributed by atoms with van der Waals surface area (Å²) in [7, 11) is 1.50. The normalized spacial score (nSPS) is 14.5. The molecule has 0 radical (unpaired) electrons. The number of aryl methyl sites for hydroxylation is 1. The Morgan fingerprint density at radius 3 is 2.21 bits per heavy atom. The van der Waals surface area contributed by atoms with Crippen LogP contribution in [0.5, 0.6) is 0 Å². The lowest BCUT2D eigenvalue weighted by molar-refractivity contribution is -0.0980. The van der Waals surface area contributed by atoms with Gasteiger partial charge in [0.25, 0.3) is 0 Å². The number of hydrogen-bond acceptors (Lipinski definition) is 7. The van der Waals surface area contributed by atoms with E-state index in [-0.39, 0.29) is 6.04 Å². The van der Waals surface area contributed by atoms with Crippen LogP contribution in [0, 0.1) is 6.92 Å². The van der Waals surface area contributed by atoms with E-state index in [9.17, 15) is 0 Å². The van der Waals surface area contributed by atoms with Gasteiger partial charge in [0.1, 0.15) is 6.79 Å². The van der Waals surface area contributed by atoms with E-state index < -0.39 is 0 Å². The smallest absolute Gasteiger partial charge is 0.106 e. The van der Waals surface area contributed by atoms with Crippen LogP contribution in [0.15, 0.2) is 175 Å². The molecule has 0 saturated heterocycles. The van der Waals surface area contributed by atoms with Crippen molar-refractivity contribution in [1.82, 2.24) is 20.9 Å². The van der Waals surface area contributed by atoms with E-state index in [0.717, 1.165) is 58.2 Å². The third-order valence-electron chi connectivity index (χ3n) is 8.31. The van der Waals surface area contributed by atoms with Crippen LogP contribution in [0.25, 0.3) is 0 Å². The quantitative estimate of drug-likeness (QED) is 0.131. The SMILES string of the molecule is C=C(NCc1ccc(C)c(CNC2=C(N)C(=C)C2=C)c1)C(=C)N1CC=CC=C1C.C=CC1=CCC=C([C@H](C)NC(=C)C(=C)C)C=C1.C=O.CC.CN. The molecule has 1 aromatic carbocycles. The molecule has 0 spiro atoms. The van der Waals surface area contributed by atoms with Gasteiger partial charge in [-0.25, -0.2) is 0 Å². The maximum atomic E-state index is 8.00. The Hall–Kier alpha value is -5.53. The largest absolute Gasteiger partial charge is 0.397 e. The van der Waals surface area contributed by atoms with Gasteiger partial charge in [0.2, 0.25) is 0 Å². The number of carbonyl (C=O) groups is 1. The van der Waals surface area contributed by atoms with Gasteiger partial charge in [0.05, 0.1) is 22.8 Å². The molecule has 0 saturated carbocycles. The molecule has 52 heavy (non-hydrogen) atoms. The minimum absolute atomic E-state index is 0.244. The highest BCUT2D eigenvalue weighted by atomic mass is 16.1. The van der Waals surface area contributed by atoms with Gasteiger partial charge < -0.3 is 37.1 Å². The number of benzene rings is 1. The van der Waals surface area contributed by atoms with Crippen LogP contribution in [0.1, 0.15) is 57.7 Å². The van der Waals surface area contributed by atoms with E-state index in [2.05, 4.69) is 154 Å². The Labute approximate surface area is 315 Å². The molecular weight excluding hydrogens is 641 g/mol. The second-order valence-corrected chi connectivity index (χ2v) is 11.8. The van der Waals surface area contributed by atoms with Crippen LogP contribution < -0.4 is 27.4 Å². The summed E-state index contributed by atoms with van der Waals surface area (Å²) in [5.74, 6) is 0. The van der Waals surface area contributed by atoms with E-state index in [1.54, 1.807) is 0 Å². The standard InChI is InChI=1S/C25H30N4.C16H21N.C2H6.CH5N.CH2O/c1-16-10-11-22(13-23(16)15-28-25-19(4)18(3)24(25)26)14-27-20(5)21(6)29-12-8-7-9-17(29)2;1-6-15-8-7-9-16(11-10-15)14(5)17-13(4)12(2)3;3*1-2/h7-11,13,27-28H,3-6,12,14-15,26H2,1-2H3;6,8-11,14,17H,1-2,4,7H2,3,5H3;1-2H3;2H2,1H3;1H2/t;14-;;;/m.0.../s1. The van der Waals surface area contributed by atoms with E-state index in [1.807, 2.05) is 33.6 Å². The first-order valence-corrected chi connectivity index (χ1v) is 17.5. The average molecular weight is 705 g/mol. The molecule has 3 aliphatic rings. The zero-order chi connectivity index (χ0) is 40.0. The molecule has 0 unspecified atom stereocenters. The third-order valence-corrected chi connectivity index (χ3v) is 8.31. The molecule has 2 aliphatic carbocycles. The Balaban J connectivity index is 0.000000966. The highest BCUT2D eigenvalue weighted by Gasteiger charge is 2.23. The number of hydrogen-bond donors (Lipinski definition) is 5. The van der Waals surface area contributed by atoms with Crippen LogP contribution in [0.4, 0.5) is 0 Å². The lowest BCUT2D eigenvalue weighted by Gasteiger charge is -2.29. The van der Waals surface area contributed by atoms with Crippen molar-refractivity contribution in [3.05, 3.63) is 192 Å². The van der Waals surface area contributed by atoms with Crippen LogP contribution in [0.3, 0.4) is 0 Å². The predicted molar refractivity (Wildman–Crippen MR) is 227 cm³/mol. The summed E-state index contributed by atoms with van der Waals surface area (Å²) in [5.41, 5.74) is 24.6. The van der Waals surface area contributed by atoms with Crippen molar-refractivity contribution in [2.24, 2.45) is 11.5 Å². The monoisotopic (exact) mass is 705 g/mol. The summed E-state index contributed by atoms with van der Waals surface area (Å²) in [6.07, 6.45) is 17.7. The first-order valence-electron chi connectivity index (χ1n) is 17.5. The number of nitrogens with zero attached hydrogens (tertiary/aromatic N) is 1. The molecule has 1 atom stereocenters. The Morgan fingerprint density at radius 2 is 1.63 bits per heavy atom. The van der Waals surface area contributed by atoms with Gasteiger partial charge in [-0.15, -0.1) is 0 Å².